The van der Waals surface area contributed by atoms with Crippen molar-refractivity contribution in [1.82, 2.24) is 0 Å². The summed E-state index contributed by atoms with van der Waals surface area (Å²) in [6.45, 7) is 2.49. The number of ether oxygens (including phenoxy) is 1. The van der Waals surface area contributed by atoms with Crippen molar-refractivity contribution in [3.63, 3.8) is 0 Å². The minimum absolute atomic E-state index is 0.00559. The first-order chi connectivity index (χ1) is 9.15. The minimum atomic E-state index is -0.00559. The maximum atomic E-state index is 11.9. The molecule has 0 aliphatic carbocycles. The van der Waals surface area contributed by atoms with E-state index >= 15 is 0 Å². The van der Waals surface area contributed by atoms with Crippen molar-refractivity contribution in [2.45, 2.75) is 13.5 Å². The van der Waals surface area contributed by atoms with Crippen LogP contribution in [0.15, 0.2) is 48.5 Å². The number of aryl methyl sites for hydroxylation is 1. The van der Waals surface area contributed by atoms with Gasteiger partial charge in [-0.2, -0.15) is 0 Å². The molecule has 0 unspecified atom stereocenters. The topological polar surface area (TPSA) is 26.3 Å². The molecule has 98 valence electrons. The Morgan fingerprint density at radius 3 is 2.32 bits per heavy atom. The number of halogens is 1. The number of hydrogen-bond donors (Lipinski definition) is 0. The predicted molar refractivity (Wildman–Crippen MR) is 76.6 cm³/mol. The van der Waals surface area contributed by atoms with E-state index in [4.69, 9.17) is 16.3 Å². The molecule has 0 saturated heterocycles. The largest absolute Gasteiger partial charge is 0.369 e. The van der Waals surface area contributed by atoms with Crippen LogP contribution < -0.4 is 0 Å². The molecule has 2 aromatic carbocycles. The molecule has 2 aromatic rings. The first-order valence-corrected chi connectivity index (χ1v) is 6.45. The molecule has 0 atom stereocenters. The third-order valence-corrected chi connectivity index (χ3v) is 3.04. The molecule has 2 rings (SSSR count). The molecule has 0 bridgehead atoms. The van der Waals surface area contributed by atoms with Gasteiger partial charge in [0.25, 0.3) is 0 Å². The average molecular weight is 275 g/mol. The smallest absolute Gasteiger partial charge is 0.188 e. The van der Waals surface area contributed by atoms with Crippen molar-refractivity contribution in [3.8, 4) is 0 Å². The Labute approximate surface area is 118 Å². The van der Waals surface area contributed by atoms with Crippen molar-refractivity contribution in [2.24, 2.45) is 0 Å². The quantitative estimate of drug-likeness (QED) is 0.769. The molecule has 19 heavy (non-hydrogen) atoms. The van der Waals surface area contributed by atoms with E-state index in [1.807, 2.05) is 55.5 Å². The summed E-state index contributed by atoms with van der Waals surface area (Å²) in [5, 5.41) is 0.694. The van der Waals surface area contributed by atoms with E-state index in [2.05, 4.69) is 0 Å². The maximum absolute atomic E-state index is 11.9. The van der Waals surface area contributed by atoms with E-state index in [1.54, 1.807) is 0 Å². The number of hydrogen-bond acceptors (Lipinski definition) is 2. The van der Waals surface area contributed by atoms with Crippen molar-refractivity contribution in [3.05, 3.63) is 70.2 Å². The molecule has 0 radical (unpaired) electrons. The number of carbonyl (C=O) groups is 1. The van der Waals surface area contributed by atoms with Gasteiger partial charge in [-0.25, -0.2) is 0 Å². The Kier molecular flexibility index (Phi) is 4.72. The van der Waals surface area contributed by atoms with E-state index in [9.17, 15) is 4.79 Å². The molecule has 0 heterocycles. The molecular weight excluding hydrogens is 260 g/mol. The van der Waals surface area contributed by atoms with Crippen molar-refractivity contribution < 1.29 is 9.53 Å². The standard InChI is InChI=1S/C16H15ClO2/c1-12-2-6-14(7-3-12)16(18)11-19-10-13-4-8-15(17)9-5-13/h2-9H,10-11H2,1H3. The summed E-state index contributed by atoms with van der Waals surface area (Å²) in [7, 11) is 0. The molecule has 0 spiro atoms. The molecule has 0 amide bonds. The van der Waals surface area contributed by atoms with E-state index in [0.717, 1.165) is 11.1 Å². The van der Waals surface area contributed by atoms with Crippen LogP contribution in [0.3, 0.4) is 0 Å². The zero-order valence-electron chi connectivity index (χ0n) is 10.7. The number of ketones is 1. The summed E-state index contributed by atoms with van der Waals surface area (Å²) in [6, 6.07) is 14.9. The molecular formula is C16H15ClO2. The van der Waals surface area contributed by atoms with Gasteiger partial charge in [0.2, 0.25) is 0 Å². The van der Waals surface area contributed by atoms with Gasteiger partial charge in [-0.1, -0.05) is 53.6 Å². The van der Waals surface area contributed by atoms with Gasteiger partial charge in [0.1, 0.15) is 6.61 Å². The molecule has 0 N–H and O–H groups in total. The van der Waals surface area contributed by atoms with Gasteiger partial charge in [-0.15, -0.1) is 0 Å². The zero-order chi connectivity index (χ0) is 13.7. The predicted octanol–water partition coefficient (Wildman–Crippen LogP) is 4.05. The van der Waals surface area contributed by atoms with Crippen LogP contribution in [0.2, 0.25) is 5.02 Å². The van der Waals surface area contributed by atoms with Gasteiger partial charge in [0.05, 0.1) is 6.61 Å². The van der Waals surface area contributed by atoms with Crippen molar-refractivity contribution in [2.75, 3.05) is 6.61 Å². The van der Waals surface area contributed by atoms with Crippen molar-refractivity contribution in [1.29, 1.82) is 0 Å². The molecule has 0 aliphatic heterocycles. The second-order valence-corrected chi connectivity index (χ2v) is 4.84. The fourth-order valence-electron chi connectivity index (χ4n) is 1.66. The van der Waals surface area contributed by atoms with Crippen LogP contribution in [0.1, 0.15) is 21.5 Å². The first kappa shape index (κ1) is 13.8. The third-order valence-electron chi connectivity index (χ3n) is 2.79. The fraction of sp³-hybridized carbons (Fsp3) is 0.188. The normalized spacial score (nSPS) is 10.4. The lowest BCUT2D eigenvalue weighted by molar-refractivity contribution is 0.0726. The Balaban J connectivity index is 1.84. The van der Waals surface area contributed by atoms with Crippen LogP contribution in [0.5, 0.6) is 0 Å². The molecule has 2 nitrogen and oxygen atoms in total. The lowest BCUT2D eigenvalue weighted by Crippen LogP contribution is -2.09. The summed E-state index contributed by atoms with van der Waals surface area (Å²) in [6.07, 6.45) is 0. The number of rotatable bonds is 5. The van der Waals surface area contributed by atoms with Crippen LogP contribution >= 0.6 is 11.6 Å². The van der Waals surface area contributed by atoms with E-state index in [0.29, 0.717) is 17.2 Å². The van der Waals surface area contributed by atoms with Crippen LogP contribution in [-0.2, 0) is 11.3 Å². The molecule has 0 saturated carbocycles. The zero-order valence-corrected chi connectivity index (χ0v) is 11.5. The van der Waals surface area contributed by atoms with Crippen LogP contribution in [0.25, 0.3) is 0 Å². The lowest BCUT2D eigenvalue weighted by Gasteiger charge is -2.04. The first-order valence-electron chi connectivity index (χ1n) is 6.07. The number of Topliss-reactive ketones (excluding diaryl/α,β-unsaturated/α-hetero) is 1. The molecule has 0 aromatic heterocycles. The van der Waals surface area contributed by atoms with Crippen molar-refractivity contribution >= 4 is 17.4 Å². The monoisotopic (exact) mass is 274 g/mol. The van der Waals surface area contributed by atoms with Gasteiger partial charge in [-0.05, 0) is 24.6 Å². The summed E-state index contributed by atoms with van der Waals surface area (Å²) >= 11 is 5.79. The van der Waals surface area contributed by atoms with Crippen LogP contribution in [-0.4, -0.2) is 12.4 Å². The highest BCUT2D eigenvalue weighted by molar-refractivity contribution is 6.30. The Hall–Kier alpha value is -1.64. The summed E-state index contributed by atoms with van der Waals surface area (Å²) in [5.74, 6) is -0.00559. The highest BCUT2D eigenvalue weighted by Crippen LogP contribution is 2.10. The lowest BCUT2D eigenvalue weighted by atomic mass is 10.1. The number of carbonyl (C=O) groups excluding carboxylic acids is 1. The van der Waals surface area contributed by atoms with Gasteiger partial charge >= 0.3 is 0 Å². The highest BCUT2D eigenvalue weighted by atomic mass is 35.5. The van der Waals surface area contributed by atoms with Crippen LogP contribution in [0.4, 0.5) is 0 Å². The fourth-order valence-corrected chi connectivity index (χ4v) is 1.79. The van der Waals surface area contributed by atoms with Gasteiger partial charge in [-0.3, -0.25) is 4.79 Å². The summed E-state index contributed by atoms with van der Waals surface area (Å²) < 4.78 is 5.41. The Bertz CT molecular complexity index is 544. The van der Waals surface area contributed by atoms with E-state index in [-0.39, 0.29) is 12.4 Å². The molecule has 0 aliphatic rings. The third kappa shape index (κ3) is 4.19. The summed E-state index contributed by atoms with van der Waals surface area (Å²) in [5.41, 5.74) is 2.82. The maximum Gasteiger partial charge on any atom is 0.188 e. The average Bonchev–Trinajstić information content (AvgIpc) is 2.41. The Morgan fingerprint density at radius 2 is 1.68 bits per heavy atom. The molecule has 3 heteroatoms. The second kappa shape index (κ2) is 6.50. The number of benzene rings is 2. The van der Waals surface area contributed by atoms with Gasteiger partial charge in [0, 0.05) is 10.6 Å². The van der Waals surface area contributed by atoms with E-state index in [1.165, 1.54) is 0 Å². The second-order valence-electron chi connectivity index (χ2n) is 4.41. The van der Waals surface area contributed by atoms with Gasteiger partial charge in [0.15, 0.2) is 5.78 Å². The Morgan fingerprint density at radius 1 is 1.05 bits per heavy atom. The highest BCUT2D eigenvalue weighted by Gasteiger charge is 2.05. The van der Waals surface area contributed by atoms with Crippen LogP contribution in [0, 0.1) is 6.92 Å². The molecule has 0 fully saturated rings. The van der Waals surface area contributed by atoms with Gasteiger partial charge < -0.3 is 4.74 Å². The summed E-state index contributed by atoms with van der Waals surface area (Å²) in [4.78, 5) is 11.9. The minimum Gasteiger partial charge on any atom is -0.369 e. The van der Waals surface area contributed by atoms with E-state index < -0.39 is 0 Å². The SMILES string of the molecule is Cc1ccc(C(=O)COCc2ccc(Cl)cc2)cc1.